The third kappa shape index (κ3) is 4.69. The molecule has 12 aromatic carbocycles. The van der Waals surface area contributed by atoms with Gasteiger partial charge in [-0.05, 0) is 111 Å². The Morgan fingerprint density at radius 3 is 1.04 bits per heavy atom. The zero-order chi connectivity index (χ0) is 36.7. The first-order valence-corrected chi connectivity index (χ1v) is 19.4. The normalized spacial score (nSPS) is 12.1. The van der Waals surface area contributed by atoms with Gasteiger partial charge in [-0.2, -0.15) is 0 Å². The van der Waals surface area contributed by atoms with E-state index in [-0.39, 0.29) is 0 Å². The van der Waals surface area contributed by atoms with Gasteiger partial charge in [0, 0.05) is 21.5 Å². The van der Waals surface area contributed by atoms with Crippen LogP contribution in [0.3, 0.4) is 0 Å². The predicted octanol–water partition coefficient (Wildman–Crippen LogP) is 14.6. The minimum absolute atomic E-state index is 0.419. The Morgan fingerprint density at radius 1 is 0.250 bits per heavy atom. The molecule has 2 heteroatoms. The molecule has 0 bridgehead atoms. The van der Waals surface area contributed by atoms with Crippen LogP contribution in [0.15, 0.2) is 182 Å². The molecule has 0 fully saturated rings. The summed E-state index contributed by atoms with van der Waals surface area (Å²) in [7, 11) is 0. The number of benzene rings is 12. The number of ether oxygens (including phenoxy) is 2. The number of rotatable bonds is 7. The second-order valence-corrected chi connectivity index (χ2v) is 15.1. The average molecular weight is 715 g/mol. The van der Waals surface area contributed by atoms with Crippen molar-refractivity contribution in [3.8, 4) is 22.6 Å². The van der Waals surface area contributed by atoms with Crippen molar-refractivity contribution in [3.63, 3.8) is 0 Å². The van der Waals surface area contributed by atoms with Crippen molar-refractivity contribution in [2.75, 3.05) is 0 Å². The lowest BCUT2D eigenvalue weighted by Crippen LogP contribution is -2.04. The first-order chi connectivity index (χ1) is 27.8. The van der Waals surface area contributed by atoms with Crippen molar-refractivity contribution in [2.24, 2.45) is 0 Å². The van der Waals surface area contributed by atoms with Crippen LogP contribution in [0, 0.1) is 0 Å². The fourth-order valence-corrected chi connectivity index (χ4v) is 9.44. The van der Waals surface area contributed by atoms with Crippen LogP contribution in [0.25, 0.3) is 97.3 Å². The maximum Gasteiger partial charge on any atom is 0.127 e. The second kappa shape index (κ2) is 12.2. The predicted molar refractivity (Wildman–Crippen MR) is 236 cm³/mol. The third-order valence-electron chi connectivity index (χ3n) is 12.0. The molecule has 0 spiro atoms. The quantitative estimate of drug-likeness (QED) is 0.153. The van der Waals surface area contributed by atoms with E-state index in [4.69, 9.17) is 9.47 Å². The largest absolute Gasteiger partial charge is 0.488 e. The molecular weight excluding hydrogens is 681 g/mol. The summed E-state index contributed by atoms with van der Waals surface area (Å²) >= 11 is 0. The summed E-state index contributed by atoms with van der Waals surface area (Å²) < 4.78 is 13.8. The van der Waals surface area contributed by atoms with Crippen LogP contribution in [0.5, 0.6) is 11.5 Å². The Morgan fingerprint density at radius 2 is 0.589 bits per heavy atom. The molecule has 0 unspecified atom stereocenters. The van der Waals surface area contributed by atoms with E-state index in [0.29, 0.717) is 13.2 Å². The highest BCUT2D eigenvalue weighted by atomic mass is 16.5. The third-order valence-corrected chi connectivity index (χ3v) is 12.0. The summed E-state index contributed by atoms with van der Waals surface area (Å²) in [5, 5.41) is 19.6. The zero-order valence-electron chi connectivity index (χ0n) is 30.6. The van der Waals surface area contributed by atoms with Crippen molar-refractivity contribution < 1.29 is 9.47 Å². The Hall–Kier alpha value is -7.16. The van der Waals surface area contributed by atoms with Crippen molar-refractivity contribution in [2.45, 2.75) is 13.2 Å². The molecule has 12 rings (SSSR count). The molecule has 56 heavy (non-hydrogen) atoms. The molecular formula is C54H34O2. The monoisotopic (exact) mass is 714 g/mol. The first-order valence-electron chi connectivity index (χ1n) is 19.4. The van der Waals surface area contributed by atoms with Gasteiger partial charge in [-0.3, -0.25) is 0 Å². The van der Waals surface area contributed by atoms with E-state index in [1.807, 2.05) is 0 Å². The fraction of sp³-hybridized carbons (Fsp3) is 0.0370. The molecule has 262 valence electrons. The highest BCUT2D eigenvalue weighted by molar-refractivity contribution is 6.25. The van der Waals surface area contributed by atoms with Crippen molar-refractivity contribution in [3.05, 3.63) is 193 Å². The molecule has 0 N–H and O–H groups in total. The molecule has 2 nitrogen and oxygen atoms in total. The topological polar surface area (TPSA) is 18.5 Å². The van der Waals surface area contributed by atoms with Crippen LogP contribution in [0.4, 0.5) is 0 Å². The van der Waals surface area contributed by atoms with Gasteiger partial charge in [-0.1, -0.05) is 158 Å². The maximum atomic E-state index is 6.91. The van der Waals surface area contributed by atoms with E-state index in [1.165, 1.54) is 86.5 Å². The summed E-state index contributed by atoms with van der Waals surface area (Å²) in [5.41, 5.74) is 4.64. The lowest BCUT2D eigenvalue weighted by molar-refractivity contribution is 0.309. The van der Waals surface area contributed by atoms with E-state index in [9.17, 15) is 0 Å². The SMILES string of the molecule is c1ccc2c(-c3c(COc4ccc5ccc6cccc7ccc4c5c67)ccc4ccccc34)c(COc3ccc4ccc5cccc6ccc3c4c56)ccc2c1. The van der Waals surface area contributed by atoms with Gasteiger partial charge in [0.2, 0.25) is 0 Å². The molecule has 0 aliphatic carbocycles. The van der Waals surface area contributed by atoms with Gasteiger partial charge in [0.1, 0.15) is 24.7 Å². The Balaban J connectivity index is 0.997. The molecule has 0 radical (unpaired) electrons. The van der Waals surface area contributed by atoms with Crippen LogP contribution in [0.2, 0.25) is 0 Å². The zero-order valence-corrected chi connectivity index (χ0v) is 30.6. The van der Waals surface area contributed by atoms with E-state index >= 15 is 0 Å². The van der Waals surface area contributed by atoms with Gasteiger partial charge in [-0.25, -0.2) is 0 Å². The minimum atomic E-state index is 0.419. The molecule has 0 saturated carbocycles. The number of hydrogen-bond acceptors (Lipinski definition) is 2. The van der Waals surface area contributed by atoms with Gasteiger partial charge in [0.05, 0.1) is 0 Å². The van der Waals surface area contributed by atoms with Crippen LogP contribution >= 0.6 is 0 Å². The minimum Gasteiger partial charge on any atom is -0.488 e. The Labute approximate surface area is 323 Å². The summed E-state index contributed by atoms with van der Waals surface area (Å²) in [4.78, 5) is 0. The lowest BCUT2D eigenvalue weighted by Gasteiger charge is -2.21. The van der Waals surface area contributed by atoms with Gasteiger partial charge < -0.3 is 9.47 Å². The standard InChI is InChI=1S/C54H34O2/c1-3-13-43-33(7-1)15-21-41(31-55-47-29-25-39-19-17-35-9-5-11-37-23-27-45(47)51(39)49(35)37)53(43)54-42(22-16-34-8-2-4-14-44(34)54)32-56-48-30-26-40-20-18-36-10-6-12-38-24-28-46(48)52(40)50(36)38/h1-30H,31-32H2. The number of fused-ring (bicyclic) bond motifs is 2. The molecule has 12 aromatic rings. The molecule has 0 aliphatic rings. The smallest absolute Gasteiger partial charge is 0.127 e. The Bertz CT molecular complexity index is 3220. The highest BCUT2D eigenvalue weighted by Gasteiger charge is 2.20. The average Bonchev–Trinajstić information content (AvgIpc) is 3.26. The lowest BCUT2D eigenvalue weighted by atomic mass is 9.87. The van der Waals surface area contributed by atoms with Crippen molar-refractivity contribution in [1.82, 2.24) is 0 Å². The fourth-order valence-electron chi connectivity index (χ4n) is 9.44. The summed E-state index contributed by atoms with van der Waals surface area (Å²) in [6.07, 6.45) is 0. The molecule has 0 aliphatic heterocycles. The van der Waals surface area contributed by atoms with Crippen molar-refractivity contribution >= 4 is 86.2 Å². The summed E-state index contributed by atoms with van der Waals surface area (Å²) in [6, 6.07) is 65.9. The second-order valence-electron chi connectivity index (χ2n) is 15.1. The molecule has 0 atom stereocenters. The van der Waals surface area contributed by atoms with Crippen LogP contribution in [-0.2, 0) is 13.2 Å². The highest BCUT2D eigenvalue weighted by Crippen LogP contribution is 2.43. The molecule has 0 aromatic heterocycles. The maximum absolute atomic E-state index is 6.91. The number of hydrogen-bond donors (Lipinski definition) is 0. The van der Waals surface area contributed by atoms with Gasteiger partial charge in [0.25, 0.3) is 0 Å². The van der Waals surface area contributed by atoms with Crippen LogP contribution in [-0.4, -0.2) is 0 Å². The van der Waals surface area contributed by atoms with E-state index in [1.54, 1.807) is 0 Å². The van der Waals surface area contributed by atoms with Crippen LogP contribution in [0.1, 0.15) is 11.1 Å². The van der Waals surface area contributed by atoms with Gasteiger partial charge >= 0.3 is 0 Å². The van der Waals surface area contributed by atoms with E-state index in [2.05, 4.69) is 182 Å². The molecule has 0 amide bonds. The summed E-state index contributed by atoms with van der Waals surface area (Å²) in [5.74, 6) is 1.79. The van der Waals surface area contributed by atoms with E-state index < -0.39 is 0 Å². The van der Waals surface area contributed by atoms with Crippen molar-refractivity contribution in [1.29, 1.82) is 0 Å². The van der Waals surface area contributed by atoms with Gasteiger partial charge in [-0.15, -0.1) is 0 Å². The molecule has 0 heterocycles. The Kier molecular flexibility index (Phi) is 6.79. The van der Waals surface area contributed by atoms with Crippen LogP contribution < -0.4 is 9.47 Å². The van der Waals surface area contributed by atoms with Gasteiger partial charge in [0.15, 0.2) is 0 Å². The molecule has 0 saturated heterocycles. The first kappa shape index (κ1) is 31.2. The summed E-state index contributed by atoms with van der Waals surface area (Å²) in [6.45, 7) is 0.839. The van der Waals surface area contributed by atoms with E-state index in [0.717, 1.165) is 33.4 Å².